The van der Waals surface area contributed by atoms with E-state index < -0.39 is 0 Å². The van der Waals surface area contributed by atoms with Crippen LogP contribution >= 0.6 is 0 Å². The number of nitrogen functional groups attached to an aromatic ring is 1. The number of unbranched alkanes of at least 4 members (excludes halogenated alkanes) is 1. The van der Waals surface area contributed by atoms with Crippen molar-refractivity contribution < 1.29 is 9.53 Å². The average Bonchev–Trinajstić information content (AvgIpc) is 2.77. The van der Waals surface area contributed by atoms with Gasteiger partial charge in [0.05, 0.1) is 13.2 Å². The fourth-order valence-corrected chi connectivity index (χ4v) is 4.25. The second-order valence-electron chi connectivity index (χ2n) is 8.87. The summed E-state index contributed by atoms with van der Waals surface area (Å²) in [5, 5.41) is 0. The number of rotatable bonds is 8. The van der Waals surface area contributed by atoms with Gasteiger partial charge in [0.15, 0.2) is 5.78 Å². The lowest BCUT2D eigenvalue weighted by molar-refractivity contribution is -0.117. The van der Waals surface area contributed by atoms with Gasteiger partial charge in [0.1, 0.15) is 11.6 Å². The van der Waals surface area contributed by atoms with E-state index in [9.17, 15) is 4.79 Å². The smallest absolute Gasteiger partial charge is 0.320 e. The van der Waals surface area contributed by atoms with Gasteiger partial charge in [-0.25, -0.2) is 0 Å². The molecule has 1 fully saturated rings. The molecule has 2 aliphatic heterocycles. The number of piperazine rings is 1. The Balaban J connectivity index is 1.50. The first-order valence-corrected chi connectivity index (χ1v) is 11.6. The van der Waals surface area contributed by atoms with Crippen LogP contribution < -0.4 is 15.4 Å². The Morgan fingerprint density at radius 3 is 2.59 bits per heavy atom. The molecule has 0 spiro atoms. The lowest BCUT2D eigenvalue weighted by atomic mass is 10.0. The van der Waals surface area contributed by atoms with Gasteiger partial charge in [-0.05, 0) is 24.6 Å². The van der Waals surface area contributed by atoms with Gasteiger partial charge in [-0.3, -0.25) is 9.69 Å². The number of carbonyl (C=O) groups excluding carboxylic acids is 1. The minimum atomic E-state index is 0.126. The first kappa shape index (κ1) is 22.5. The van der Waals surface area contributed by atoms with Crippen molar-refractivity contribution in [2.45, 2.75) is 39.3 Å². The van der Waals surface area contributed by atoms with Gasteiger partial charge in [-0.15, -0.1) is 0 Å². The van der Waals surface area contributed by atoms with E-state index in [4.69, 9.17) is 10.5 Å². The predicted octanol–water partition coefficient (Wildman–Crippen LogP) is 2.12. The number of hydrogen-bond donors (Lipinski definition) is 1. The minimum Gasteiger partial charge on any atom is -0.463 e. The third kappa shape index (κ3) is 5.55. The molecule has 0 saturated carbocycles. The van der Waals surface area contributed by atoms with Crippen molar-refractivity contribution in [3.8, 4) is 6.01 Å². The Morgan fingerprint density at radius 1 is 1.09 bits per heavy atom. The highest BCUT2D eigenvalue weighted by Gasteiger charge is 2.28. The molecule has 1 saturated heterocycles. The molecule has 4 rings (SSSR count). The van der Waals surface area contributed by atoms with E-state index in [2.05, 4.69) is 58.0 Å². The molecular weight excluding hydrogens is 404 g/mol. The lowest BCUT2D eigenvalue weighted by Crippen LogP contribution is -2.43. The zero-order chi connectivity index (χ0) is 22.5. The van der Waals surface area contributed by atoms with Crippen LogP contribution in [0.3, 0.4) is 0 Å². The van der Waals surface area contributed by atoms with Crippen LogP contribution in [0.5, 0.6) is 6.01 Å². The van der Waals surface area contributed by atoms with Crippen LogP contribution in [0.4, 0.5) is 11.6 Å². The van der Waals surface area contributed by atoms with Crippen molar-refractivity contribution in [2.24, 2.45) is 0 Å². The van der Waals surface area contributed by atoms with Gasteiger partial charge < -0.3 is 20.3 Å². The molecule has 0 aliphatic carbocycles. The van der Waals surface area contributed by atoms with Crippen LogP contribution in [0.2, 0.25) is 0 Å². The molecule has 0 atom stereocenters. The fraction of sp³-hybridized carbons (Fsp3) is 0.542. The van der Waals surface area contributed by atoms with Crippen LogP contribution in [-0.4, -0.2) is 71.9 Å². The number of likely N-dealkylation sites (N-methyl/N-ethyl adjacent to an activating group) is 1. The molecule has 0 radical (unpaired) electrons. The zero-order valence-corrected chi connectivity index (χ0v) is 19.2. The zero-order valence-electron chi connectivity index (χ0n) is 19.2. The highest BCUT2D eigenvalue weighted by atomic mass is 16.5. The Bertz CT molecular complexity index is 942. The molecular formula is C24H34N6O2. The summed E-state index contributed by atoms with van der Waals surface area (Å²) in [6.07, 6.45) is 2.24. The third-order valence-corrected chi connectivity index (χ3v) is 6.13. The molecule has 2 aromatic rings. The predicted molar refractivity (Wildman–Crippen MR) is 126 cm³/mol. The highest BCUT2D eigenvalue weighted by molar-refractivity contribution is 5.91. The summed E-state index contributed by atoms with van der Waals surface area (Å²) in [7, 11) is 2.17. The second kappa shape index (κ2) is 10.3. The van der Waals surface area contributed by atoms with E-state index in [1.165, 1.54) is 5.56 Å². The van der Waals surface area contributed by atoms with E-state index in [1.54, 1.807) is 0 Å². The Labute approximate surface area is 190 Å². The number of carbonyl (C=O) groups is 1. The summed E-state index contributed by atoms with van der Waals surface area (Å²) in [5.41, 5.74) is 9.34. The summed E-state index contributed by atoms with van der Waals surface area (Å²) in [6.45, 7) is 8.92. The molecule has 1 aromatic carbocycles. The summed E-state index contributed by atoms with van der Waals surface area (Å²) in [5.74, 6) is 1.18. The highest BCUT2D eigenvalue weighted by Crippen LogP contribution is 2.30. The molecule has 3 heterocycles. The van der Waals surface area contributed by atoms with Gasteiger partial charge in [0, 0.05) is 51.3 Å². The molecule has 172 valence electrons. The van der Waals surface area contributed by atoms with Crippen molar-refractivity contribution >= 4 is 17.4 Å². The van der Waals surface area contributed by atoms with Gasteiger partial charge in [0.2, 0.25) is 0 Å². The number of ether oxygens (including phenoxy) is 1. The monoisotopic (exact) mass is 438 g/mol. The lowest BCUT2D eigenvalue weighted by Gasteiger charge is -2.32. The van der Waals surface area contributed by atoms with Gasteiger partial charge in [0.25, 0.3) is 0 Å². The number of nitrogens with two attached hydrogens (primary N) is 1. The number of ketones is 1. The summed E-state index contributed by atoms with van der Waals surface area (Å²) >= 11 is 0. The van der Waals surface area contributed by atoms with Crippen LogP contribution in [-0.2, 0) is 24.3 Å². The maximum absolute atomic E-state index is 12.4. The van der Waals surface area contributed by atoms with E-state index in [-0.39, 0.29) is 18.2 Å². The SMILES string of the molecule is CCCCOc1nc(N)c2c(n1)N(Cc1cccc(CN3CCN(C)CC3)c1)CC(=O)C2. The van der Waals surface area contributed by atoms with Crippen LogP contribution in [0.15, 0.2) is 24.3 Å². The summed E-state index contributed by atoms with van der Waals surface area (Å²) in [4.78, 5) is 28.2. The number of benzene rings is 1. The van der Waals surface area contributed by atoms with Gasteiger partial charge in [-0.1, -0.05) is 37.6 Å². The molecule has 8 heteroatoms. The first-order chi connectivity index (χ1) is 15.5. The largest absolute Gasteiger partial charge is 0.463 e. The number of nitrogens with zero attached hydrogens (tertiary/aromatic N) is 5. The van der Waals surface area contributed by atoms with E-state index in [0.29, 0.717) is 36.9 Å². The molecule has 0 amide bonds. The summed E-state index contributed by atoms with van der Waals surface area (Å²) < 4.78 is 5.71. The van der Waals surface area contributed by atoms with Crippen molar-refractivity contribution in [1.82, 2.24) is 19.8 Å². The Morgan fingerprint density at radius 2 is 1.84 bits per heavy atom. The minimum absolute atomic E-state index is 0.126. The van der Waals surface area contributed by atoms with Crippen LogP contribution in [0.1, 0.15) is 36.5 Å². The normalized spacial score (nSPS) is 17.4. The topological polar surface area (TPSA) is 87.8 Å². The van der Waals surface area contributed by atoms with Crippen LogP contribution in [0.25, 0.3) is 0 Å². The maximum atomic E-state index is 12.4. The molecule has 2 aliphatic rings. The van der Waals surface area contributed by atoms with Gasteiger partial charge in [-0.2, -0.15) is 9.97 Å². The van der Waals surface area contributed by atoms with Crippen molar-refractivity contribution in [3.63, 3.8) is 0 Å². The third-order valence-electron chi connectivity index (χ3n) is 6.13. The Hall–Kier alpha value is -2.71. The maximum Gasteiger partial charge on any atom is 0.320 e. The number of fused-ring (bicyclic) bond motifs is 1. The van der Waals surface area contributed by atoms with Crippen molar-refractivity contribution in [1.29, 1.82) is 0 Å². The number of aromatic nitrogens is 2. The second-order valence-corrected chi connectivity index (χ2v) is 8.87. The molecule has 0 bridgehead atoms. The summed E-state index contributed by atoms with van der Waals surface area (Å²) in [6, 6.07) is 8.91. The number of hydrogen-bond acceptors (Lipinski definition) is 8. The van der Waals surface area contributed by atoms with E-state index >= 15 is 0 Å². The average molecular weight is 439 g/mol. The molecule has 0 unspecified atom stereocenters. The Kier molecular flexibility index (Phi) is 7.22. The molecule has 8 nitrogen and oxygen atoms in total. The quantitative estimate of drug-likeness (QED) is 0.627. The van der Waals surface area contributed by atoms with Crippen LogP contribution in [0, 0.1) is 0 Å². The van der Waals surface area contributed by atoms with Crippen molar-refractivity contribution in [2.75, 3.05) is 57.0 Å². The van der Waals surface area contributed by atoms with Crippen molar-refractivity contribution in [3.05, 3.63) is 41.0 Å². The first-order valence-electron chi connectivity index (χ1n) is 11.6. The molecule has 32 heavy (non-hydrogen) atoms. The van der Waals surface area contributed by atoms with E-state index in [1.807, 2.05) is 4.90 Å². The molecule has 1 aromatic heterocycles. The van der Waals surface area contributed by atoms with Gasteiger partial charge >= 0.3 is 6.01 Å². The van der Waals surface area contributed by atoms with E-state index in [0.717, 1.165) is 51.1 Å². The number of Topliss-reactive ketones (excluding diaryl/α,β-unsaturated/α-hetero) is 1. The molecule has 2 N–H and O–H groups in total. The number of anilines is 2. The standard InChI is InChI=1S/C24H34N6O2/c1-3-4-12-32-24-26-22(25)21-14-20(31)17-30(23(21)27-24)16-19-7-5-6-18(13-19)15-29-10-8-28(2)9-11-29/h5-7,13H,3-4,8-12,14-17H2,1-2H3,(H2,25,26,27). The fourth-order valence-electron chi connectivity index (χ4n) is 4.25.